The zero-order valence-electron chi connectivity index (χ0n) is 10.8. The Morgan fingerprint density at radius 1 is 1.39 bits per heavy atom. The Hall–Kier alpha value is -1.97. The van der Waals surface area contributed by atoms with Crippen LogP contribution < -0.4 is 10.5 Å². The highest BCUT2D eigenvalue weighted by Crippen LogP contribution is 2.21. The normalized spacial score (nSPS) is 15.2. The number of benzene rings is 1. The minimum atomic E-state index is 0.00745. The molecule has 0 aromatic heterocycles. The SMILES string of the molecule is COc1cc(N)cc(C(=O)N2CCC=C(C)C2)c1. The number of methoxy groups -OCH3 is 1. The van der Waals surface area contributed by atoms with Gasteiger partial charge in [-0.2, -0.15) is 0 Å². The lowest BCUT2D eigenvalue weighted by atomic mass is 10.1. The molecule has 0 spiro atoms. The molecule has 1 heterocycles. The van der Waals surface area contributed by atoms with Crippen LogP contribution in [-0.4, -0.2) is 31.0 Å². The van der Waals surface area contributed by atoms with Gasteiger partial charge in [0.15, 0.2) is 0 Å². The molecule has 1 aliphatic heterocycles. The second kappa shape index (κ2) is 5.12. The molecule has 2 N–H and O–H groups in total. The molecular weight excluding hydrogens is 228 g/mol. The third-order valence-electron chi connectivity index (χ3n) is 3.03. The van der Waals surface area contributed by atoms with Crippen molar-refractivity contribution in [3.8, 4) is 5.75 Å². The van der Waals surface area contributed by atoms with Crippen molar-refractivity contribution in [1.82, 2.24) is 4.90 Å². The second-order valence-electron chi connectivity index (χ2n) is 4.56. The molecule has 1 aromatic rings. The number of carbonyl (C=O) groups excluding carboxylic acids is 1. The van der Waals surface area contributed by atoms with Gasteiger partial charge in [-0.3, -0.25) is 4.79 Å². The summed E-state index contributed by atoms with van der Waals surface area (Å²) in [6, 6.07) is 5.13. The van der Waals surface area contributed by atoms with Gasteiger partial charge in [-0.15, -0.1) is 0 Å². The van der Waals surface area contributed by atoms with E-state index in [1.165, 1.54) is 5.57 Å². The summed E-state index contributed by atoms with van der Waals surface area (Å²) in [7, 11) is 1.57. The van der Waals surface area contributed by atoms with E-state index in [-0.39, 0.29) is 5.91 Å². The molecule has 18 heavy (non-hydrogen) atoms. The van der Waals surface area contributed by atoms with Crippen LogP contribution in [0.4, 0.5) is 5.69 Å². The lowest BCUT2D eigenvalue weighted by Crippen LogP contribution is -2.35. The highest BCUT2D eigenvalue weighted by molar-refractivity contribution is 5.95. The fourth-order valence-electron chi connectivity index (χ4n) is 2.13. The maximum Gasteiger partial charge on any atom is 0.254 e. The van der Waals surface area contributed by atoms with Crippen molar-refractivity contribution in [2.24, 2.45) is 0 Å². The Kier molecular flexibility index (Phi) is 3.55. The van der Waals surface area contributed by atoms with E-state index >= 15 is 0 Å². The summed E-state index contributed by atoms with van der Waals surface area (Å²) in [6.07, 6.45) is 3.08. The van der Waals surface area contributed by atoms with Gasteiger partial charge >= 0.3 is 0 Å². The van der Waals surface area contributed by atoms with Gasteiger partial charge in [0.25, 0.3) is 5.91 Å². The largest absolute Gasteiger partial charge is 0.497 e. The van der Waals surface area contributed by atoms with Crippen LogP contribution in [0, 0.1) is 0 Å². The molecular formula is C14H18N2O2. The summed E-state index contributed by atoms with van der Waals surface area (Å²) < 4.78 is 5.13. The number of amides is 1. The first-order valence-corrected chi connectivity index (χ1v) is 5.99. The summed E-state index contributed by atoms with van der Waals surface area (Å²) in [5.41, 5.74) is 8.12. The fraction of sp³-hybridized carbons (Fsp3) is 0.357. The molecule has 4 heteroatoms. The van der Waals surface area contributed by atoms with E-state index < -0.39 is 0 Å². The van der Waals surface area contributed by atoms with Gasteiger partial charge in [-0.25, -0.2) is 0 Å². The molecule has 0 atom stereocenters. The summed E-state index contributed by atoms with van der Waals surface area (Å²) in [4.78, 5) is 14.2. The van der Waals surface area contributed by atoms with Gasteiger partial charge in [0.05, 0.1) is 7.11 Å². The number of ether oxygens (including phenoxy) is 1. The predicted octanol–water partition coefficient (Wildman–Crippen LogP) is 2.07. The first-order valence-electron chi connectivity index (χ1n) is 5.99. The molecule has 2 rings (SSSR count). The van der Waals surface area contributed by atoms with E-state index in [0.29, 0.717) is 23.5 Å². The molecule has 96 valence electrons. The van der Waals surface area contributed by atoms with E-state index in [0.717, 1.165) is 13.0 Å². The third kappa shape index (κ3) is 2.64. The Balaban J connectivity index is 2.23. The second-order valence-corrected chi connectivity index (χ2v) is 4.56. The van der Waals surface area contributed by atoms with Crippen LogP contribution in [0.25, 0.3) is 0 Å². The fourth-order valence-corrected chi connectivity index (χ4v) is 2.13. The van der Waals surface area contributed by atoms with Crippen LogP contribution in [0.2, 0.25) is 0 Å². The van der Waals surface area contributed by atoms with Gasteiger partial charge in [-0.05, 0) is 25.5 Å². The number of anilines is 1. The molecule has 4 nitrogen and oxygen atoms in total. The third-order valence-corrected chi connectivity index (χ3v) is 3.03. The van der Waals surface area contributed by atoms with Crippen LogP contribution in [0.5, 0.6) is 5.75 Å². The van der Waals surface area contributed by atoms with Gasteiger partial charge in [-0.1, -0.05) is 11.6 Å². The van der Waals surface area contributed by atoms with E-state index in [4.69, 9.17) is 10.5 Å². The zero-order valence-corrected chi connectivity index (χ0v) is 10.8. The van der Waals surface area contributed by atoms with Crippen molar-refractivity contribution in [3.63, 3.8) is 0 Å². The molecule has 1 aromatic carbocycles. The number of hydrogen-bond acceptors (Lipinski definition) is 3. The Morgan fingerprint density at radius 2 is 2.17 bits per heavy atom. The number of nitrogens with two attached hydrogens (primary N) is 1. The van der Waals surface area contributed by atoms with E-state index in [2.05, 4.69) is 6.08 Å². The van der Waals surface area contributed by atoms with Gasteiger partial charge in [0.2, 0.25) is 0 Å². The number of hydrogen-bond donors (Lipinski definition) is 1. The van der Waals surface area contributed by atoms with E-state index in [1.807, 2.05) is 11.8 Å². The molecule has 1 aliphatic rings. The highest BCUT2D eigenvalue weighted by atomic mass is 16.5. The van der Waals surface area contributed by atoms with Gasteiger partial charge in [0.1, 0.15) is 5.75 Å². The quantitative estimate of drug-likeness (QED) is 0.642. The van der Waals surface area contributed by atoms with Crippen molar-refractivity contribution in [1.29, 1.82) is 0 Å². The number of nitrogens with zero attached hydrogens (tertiary/aromatic N) is 1. The molecule has 0 unspecified atom stereocenters. The van der Waals surface area contributed by atoms with Crippen LogP contribution in [0.15, 0.2) is 29.8 Å². The summed E-state index contributed by atoms with van der Waals surface area (Å²) in [5, 5.41) is 0. The molecule has 0 radical (unpaired) electrons. The van der Waals surface area contributed by atoms with Gasteiger partial charge in [0, 0.05) is 30.4 Å². The van der Waals surface area contributed by atoms with E-state index in [1.54, 1.807) is 25.3 Å². The van der Waals surface area contributed by atoms with Crippen LogP contribution in [-0.2, 0) is 0 Å². The minimum absolute atomic E-state index is 0.00745. The molecule has 0 bridgehead atoms. The zero-order chi connectivity index (χ0) is 13.1. The molecule has 0 fully saturated rings. The van der Waals surface area contributed by atoms with Crippen LogP contribution in [0.3, 0.4) is 0 Å². The monoisotopic (exact) mass is 246 g/mol. The molecule has 0 aliphatic carbocycles. The molecule has 1 amide bonds. The Labute approximate surface area is 107 Å². The first-order chi connectivity index (χ1) is 8.60. The maximum atomic E-state index is 12.4. The lowest BCUT2D eigenvalue weighted by Gasteiger charge is -2.26. The standard InChI is InChI=1S/C14H18N2O2/c1-10-4-3-5-16(9-10)14(17)11-6-12(15)8-13(7-11)18-2/h4,6-8H,3,5,9,15H2,1-2H3. The summed E-state index contributed by atoms with van der Waals surface area (Å²) in [5.74, 6) is 0.621. The molecule has 0 saturated carbocycles. The van der Waals surface area contributed by atoms with Crippen molar-refractivity contribution < 1.29 is 9.53 Å². The average molecular weight is 246 g/mol. The maximum absolute atomic E-state index is 12.4. The first kappa shape index (κ1) is 12.5. The number of carbonyl (C=O) groups is 1. The Bertz CT molecular complexity index is 495. The van der Waals surface area contributed by atoms with Crippen LogP contribution in [0.1, 0.15) is 23.7 Å². The highest BCUT2D eigenvalue weighted by Gasteiger charge is 2.18. The van der Waals surface area contributed by atoms with Crippen molar-refractivity contribution in [2.45, 2.75) is 13.3 Å². The van der Waals surface area contributed by atoms with Crippen molar-refractivity contribution in [2.75, 3.05) is 25.9 Å². The number of rotatable bonds is 2. The lowest BCUT2D eigenvalue weighted by molar-refractivity contribution is 0.0765. The van der Waals surface area contributed by atoms with Crippen molar-refractivity contribution >= 4 is 11.6 Å². The topological polar surface area (TPSA) is 55.6 Å². The Morgan fingerprint density at radius 3 is 2.83 bits per heavy atom. The number of nitrogen functional groups attached to an aromatic ring is 1. The summed E-state index contributed by atoms with van der Waals surface area (Å²) in [6.45, 7) is 3.49. The minimum Gasteiger partial charge on any atom is -0.497 e. The van der Waals surface area contributed by atoms with Crippen LogP contribution >= 0.6 is 0 Å². The average Bonchev–Trinajstić information content (AvgIpc) is 2.37. The van der Waals surface area contributed by atoms with Gasteiger partial charge < -0.3 is 15.4 Å². The smallest absolute Gasteiger partial charge is 0.254 e. The summed E-state index contributed by atoms with van der Waals surface area (Å²) >= 11 is 0. The van der Waals surface area contributed by atoms with E-state index in [9.17, 15) is 4.79 Å². The van der Waals surface area contributed by atoms with Crippen molar-refractivity contribution in [3.05, 3.63) is 35.4 Å². The predicted molar refractivity (Wildman–Crippen MR) is 71.7 cm³/mol. The molecule has 0 saturated heterocycles.